The van der Waals surface area contributed by atoms with Gasteiger partial charge in [0.15, 0.2) is 0 Å². The highest BCUT2D eigenvalue weighted by Crippen LogP contribution is 2.09. The zero-order chi connectivity index (χ0) is 25.1. The third-order valence-electron chi connectivity index (χ3n) is 4.96. The number of nitrogens with two attached hydrogens (primary N) is 2. The Morgan fingerprint density at radius 3 is 2.21 bits per heavy atom. The molecule has 0 spiro atoms. The van der Waals surface area contributed by atoms with Crippen LogP contribution in [0.3, 0.4) is 0 Å². The number of nitrogens with one attached hydrogen (secondary N) is 4. The molecule has 33 heavy (non-hydrogen) atoms. The summed E-state index contributed by atoms with van der Waals surface area (Å²) in [7, 11) is 0. The number of carbonyl (C=O) groups excluding carboxylic acids is 4. The number of aliphatic carboxylic acids is 1. The van der Waals surface area contributed by atoms with Gasteiger partial charge in [0.25, 0.3) is 0 Å². The maximum atomic E-state index is 12.9. The van der Waals surface area contributed by atoms with Crippen LogP contribution in [0.1, 0.15) is 32.4 Å². The lowest BCUT2D eigenvalue weighted by Gasteiger charge is -2.26. The molecule has 0 aliphatic rings. The summed E-state index contributed by atoms with van der Waals surface area (Å²) in [6.45, 7) is 3.48. The van der Waals surface area contributed by atoms with Crippen LogP contribution >= 0.6 is 12.6 Å². The van der Waals surface area contributed by atoms with E-state index in [-0.39, 0.29) is 18.1 Å². The predicted molar refractivity (Wildman–Crippen MR) is 121 cm³/mol. The first-order valence-electron chi connectivity index (χ1n) is 10.3. The number of aromatic nitrogens is 2. The lowest BCUT2D eigenvalue weighted by molar-refractivity contribution is -0.143. The van der Waals surface area contributed by atoms with Gasteiger partial charge in [-0.2, -0.15) is 12.6 Å². The third-order valence-corrected chi connectivity index (χ3v) is 5.33. The Morgan fingerprint density at radius 1 is 1.12 bits per heavy atom. The molecular formula is C19H31N7O6S. The molecular weight excluding hydrogens is 454 g/mol. The number of hydrogen-bond acceptors (Lipinski definition) is 8. The van der Waals surface area contributed by atoms with Gasteiger partial charge >= 0.3 is 5.97 Å². The summed E-state index contributed by atoms with van der Waals surface area (Å²) >= 11 is 4.05. The van der Waals surface area contributed by atoms with Gasteiger partial charge < -0.3 is 37.5 Å². The zero-order valence-corrected chi connectivity index (χ0v) is 19.3. The van der Waals surface area contributed by atoms with Crippen molar-refractivity contribution in [2.45, 2.75) is 57.3 Å². The van der Waals surface area contributed by atoms with Crippen molar-refractivity contribution in [3.8, 4) is 0 Å². The summed E-state index contributed by atoms with van der Waals surface area (Å²) in [5.74, 6) is -4.74. The van der Waals surface area contributed by atoms with Crippen molar-refractivity contribution in [3.63, 3.8) is 0 Å². The van der Waals surface area contributed by atoms with Gasteiger partial charge in [0.05, 0.1) is 18.8 Å². The lowest BCUT2D eigenvalue weighted by atomic mass is 9.98. The Bertz CT molecular complexity index is 835. The number of primary amides is 1. The van der Waals surface area contributed by atoms with E-state index in [1.165, 1.54) is 12.5 Å². The first-order valence-corrected chi connectivity index (χ1v) is 10.9. The summed E-state index contributed by atoms with van der Waals surface area (Å²) in [4.78, 5) is 67.0. The Hall–Kier alpha value is -3.13. The minimum atomic E-state index is -1.26. The molecule has 1 rings (SSSR count). The van der Waals surface area contributed by atoms with Crippen LogP contribution in [0.25, 0.3) is 0 Å². The number of carboxylic acids is 1. The fourth-order valence-electron chi connectivity index (χ4n) is 2.82. The molecule has 5 unspecified atom stereocenters. The smallest absolute Gasteiger partial charge is 0.326 e. The molecule has 0 radical (unpaired) electrons. The number of nitrogens with zero attached hydrogens (tertiary/aromatic N) is 1. The second-order valence-corrected chi connectivity index (χ2v) is 7.94. The van der Waals surface area contributed by atoms with Crippen molar-refractivity contribution in [1.82, 2.24) is 25.9 Å². The molecule has 0 aliphatic carbocycles. The number of hydrogen-bond donors (Lipinski definition) is 8. The van der Waals surface area contributed by atoms with Crippen molar-refractivity contribution in [1.29, 1.82) is 0 Å². The number of amides is 4. The van der Waals surface area contributed by atoms with Gasteiger partial charge in [0.1, 0.15) is 18.1 Å². The standard InChI is InChI=1S/C19H31N7O6S/c1-3-9(2)15(19(31)32)26-17(29)12(4-10-6-22-8-23-10)24-18(30)13(7-33)25-16(28)11(20)5-14(21)27/h6,8-9,11-13,15,33H,3-5,7,20H2,1-2H3,(H2,21,27)(H,22,23)(H,24,30)(H,25,28)(H,26,29)(H,31,32). The normalized spacial score (nSPS) is 15.4. The minimum Gasteiger partial charge on any atom is -0.480 e. The summed E-state index contributed by atoms with van der Waals surface area (Å²) in [6.07, 6.45) is 2.93. The first-order chi connectivity index (χ1) is 15.5. The van der Waals surface area contributed by atoms with E-state index in [9.17, 15) is 29.1 Å². The summed E-state index contributed by atoms with van der Waals surface area (Å²) in [6, 6.07) is -4.77. The summed E-state index contributed by atoms with van der Waals surface area (Å²) < 4.78 is 0. The number of rotatable bonds is 14. The number of thiol groups is 1. The van der Waals surface area contributed by atoms with E-state index in [0.29, 0.717) is 12.1 Å². The first kappa shape index (κ1) is 27.9. The van der Waals surface area contributed by atoms with E-state index in [1.54, 1.807) is 13.8 Å². The number of aromatic amines is 1. The molecule has 1 aromatic heterocycles. The zero-order valence-electron chi connectivity index (χ0n) is 18.4. The molecule has 9 N–H and O–H groups in total. The van der Waals surface area contributed by atoms with Crippen LogP contribution in [-0.2, 0) is 30.4 Å². The van der Waals surface area contributed by atoms with Crippen molar-refractivity contribution in [3.05, 3.63) is 18.2 Å². The van der Waals surface area contributed by atoms with E-state index in [1.807, 2.05) is 0 Å². The lowest BCUT2D eigenvalue weighted by Crippen LogP contribution is -2.58. The molecule has 0 fully saturated rings. The van der Waals surface area contributed by atoms with Gasteiger partial charge in [-0.25, -0.2) is 9.78 Å². The fourth-order valence-corrected chi connectivity index (χ4v) is 3.07. The number of imidazole rings is 1. The second kappa shape index (κ2) is 13.4. The highest BCUT2D eigenvalue weighted by Gasteiger charge is 2.32. The molecule has 14 heteroatoms. The molecule has 1 aromatic rings. The SMILES string of the molecule is CCC(C)C(NC(=O)C(Cc1cnc[nH]1)NC(=O)C(CS)NC(=O)C(N)CC(N)=O)C(=O)O. The van der Waals surface area contributed by atoms with Crippen molar-refractivity contribution >= 4 is 42.2 Å². The van der Waals surface area contributed by atoms with Crippen LogP contribution in [0, 0.1) is 5.92 Å². The molecule has 5 atom stereocenters. The molecule has 1 heterocycles. The number of carboxylic acid groups (broad SMARTS) is 1. The van der Waals surface area contributed by atoms with E-state index >= 15 is 0 Å². The fraction of sp³-hybridized carbons (Fsp3) is 0.579. The Kier molecular flexibility index (Phi) is 11.4. The van der Waals surface area contributed by atoms with Gasteiger partial charge in [-0.1, -0.05) is 20.3 Å². The molecule has 0 bridgehead atoms. The second-order valence-electron chi connectivity index (χ2n) is 7.57. The van der Waals surface area contributed by atoms with Crippen LogP contribution in [-0.4, -0.2) is 74.6 Å². The van der Waals surface area contributed by atoms with Gasteiger partial charge in [-0.05, 0) is 5.92 Å². The topological polar surface area (TPSA) is 222 Å². The van der Waals surface area contributed by atoms with Crippen LogP contribution in [0.4, 0.5) is 0 Å². The van der Waals surface area contributed by atoms with Crippen LogP contribution in [0.15, 0.2) is 12.5 Å². The van der Waals surface area contributed by atoms with Crippen LogP contribution < -0.4 is 27.4 Å². The highest BCUT2D eigenvalue weighted by atomic mass is 32.1. The van der Waals surface area contributed by atoms with Crippen molar-refractivity contribution in [2.75, 3.05) is 5.75 Å². The number of carbonyl (C=O) groups is 5. The molecule has 0 aromatic carbocycles. The van der Waals surface area contributed by atoms with Gasteiger partial charge in [0.2, 0.25) is 23.6 Å². The van der Waals surface area contributed by atoms with E-state index < -0.39 is 60.2 Å². The van der Waals surface area contributed by atoms with Gasteiger partial charge in [0, 0.05) is 24.1 Å². The monoisotopic (exact) mass is 485 g/mol. The average molecular weight is 486 g/mol. The molecule has 0 saturated carbocycles. The van der Waals surface area contributed by atoms with Gasteiger partial charge in [-0.3, -0.25) is 19.2 Å². The predicted octanol–water partition coefficient (Wildman–Crippen LogP) is -2.33. The van der Waals surface area contributed by atoms with Crippen LogP contribution in [0.2, 0.25) is 0 Å². The molecule has 13 nitrogen and oxygen atoms in total. The number of H-pyrrole nitrogens is 1. The largest absolute Gasteiger partial charge is 0.480 e. The molecule has 0 aliphatic heterocycles. The Balaban J connectivity index is 2.98. The maximum absolute atomic E-state index is 12.9. The quantitative estimate of drug-likeness (QED) is 0.133. The Labute approximate surface area is 196 Å². The maximum Gasteiger partial charge on any atom is 0.326 e. The molecule has 4 amide bonds. The van der Waals surface area contributed by atoms with E-state index in [4.69, 9.17) is 11.5 Å². The highest BCUT2D eigenvalue weighted by molar-refractivity contribution is 7.80. The Morgan fingerprint density at radius 2 is 1.73 bits per heavy atom. The minimum absolute atomic E-state index is 0.0150. The van der Waals surface area contributed by atoms with Crippen LogP contribution in [0.5, 0.6) is 0 Å². The third kappa shape index (κ3) is 9.10. The van der Waals surface area contributed by atoms with E-state index in [0.717, 1.165) is 0 Å². The average Bonchev–Trinajstić information content (AvgIpc) is 3.26. The van der Waals surface area contributed by atoms with Crippen molar-refractivity contribution < 1.29 is 29.1 Å². The summed E-state index contributed by atoms with van der Waals surface area (Å²) in [5, 5.41) is 16.8. The van der Waals surface area contributed by atoms with Gasteiger partial charge in [-0.15, -0.1) is 0 Å². The summed E-state index contributed by atoms with van der Waals surface area (Å²) in [5.41, 5.74) is 11.1. The van der Waals surface area contributed by atoms with E-state index in [2.05, 4.69) is 38.5 Å². The van der Waals surface area contributed by atoms with Crippen molar-refractivity contribution in [2.24, 2.45) is 17.4 Å². The molecule has 0 saturated heterocycles. The molecule has 184 valence electrons.